The molecule has 0 unspecified atom stereocenters. The van der Waals surface area contributed by atoms with Crippen LogP contribution in [0, 0.1) is 5.92 Å². The van der Waals surface area contributed by atoms with E-state index in [2.05, 4.69) is 22.6 Å². The number of amides is 1. The predicted molar refractivity (Wildman–Crippen MR) is 67.3 cm³/mol. The zero-order valence-corrected chi connectivity index (χ0v) is 11.7. The van der Waals surface area contributed by atoms with Crippen molar-refractivity contribution in [1.82, 2.24) is 5.06 Å². The summed E-state index contributed by atoms with van der Waals surface area (Å²) in [5, 5.41) is 11.1. The van der Waals surface area contributed by atoms with Gasteiger partial charge in [0.05, 0.1) is 19.1 Å². The van der Waals surface area contributed by atoms with Crippen LogP contribution in [0.4, 0.5) is 0 Å². The molecule has 0 aromatic carbocycles. The Balaban J connectivity index is 4.69. The third kappa shape index (κ3) is 4.08. The quantitative estimate of drug-likeness (QED) is 0.618. The number of aliphatic hydroxyl groups excluding tert-OH is 1. The normalized spacial score (nSPS) is 16.0. The Morgan fingerprint density at radius 3 is 2.53 bits per heavy atom. The van der Waals surface area contributed by atoms with Crippen molar-refractivity contribution in [3.63, 3.8) is 0 Å². The summed E-state index contributed by atoms with van der Waals surface area (Å²) in [5.41, 5.74) is 0.792. The maximum Gasteiger partial charge on any atom is 0.251 e. The number of carbonyl (C=O) groups is 1. The highest BCUT2D eigenvalue weighted by molar-refractivity contribution is 14.1. The van der Waals surface area contributed by atoms with Crippen LogP contribution in [0.25, 0.3) is 0 Å². The van der Waals surface area contributed by atoms with Gasteiger partial charge in [-0.2, -0.15) is 0 Å². The van der Waals surface area contributed by atoms with Crippen LogP contribution in [0.15, 0.2) is 9.66 Å². The Hall–Kier alpha value is -0.140. The Kier molecular flexibility index (Phi) is 7.12. The number of hydrogen-bond acceptors (Lipinski definition) is 3. The number of carbonyl (C=O) groups excluding carboxylic acids is 1. The molecule has 88 valence electrons. The molecule has 5 heteroatoms. The van der Waals surface area contributed by atoms with Crippen molar-refractivity contribution in [2.24, 2.45) is 5.92 Å². The lowest BCUT2D eigenvalue weighted by Crippen LogP contribution is -2.38. The molecule has 0 saturated carbocycles. The summed E-state index contributed by atoms with van der Waals surface area (Å²) in [4.78, 5) is 16.6. The molecular weight excluding hydrogens is 309 g/mol. The first-order valence-corrected chi connectivity index (χ1v) is 6.00. The molecule has 1 amide bonds. The van der Waals surface area contributed by atoms with Gasteiger partial charge in [-0.3, -0.25) is 9.63 Å². The van der Waals surface area contributed by atoms with Gasteiger partial charge < -0.3 is 5.11 Å². The average molecular weight is 327 g/mol. The molecule has 0 rings (SSSR count). The van der Waals surface area contributed by atoms with E-state index in [4.69, 9.17) is 4.84 Å². The fourth-order valence-corrected chi connectivity index (χ4v) is 1.61. The predicted octanol–water partition coefficient (Wildman–Crippen LogP) is 1.73. The van der Waals surface area contributed by atoms with Crippen molar-refractivity contribution in [1.29, 1.82) is 0 Å². The number of aliphatic hydroxyl groups is 1. The first-order valence-electron chi connectivity index (χ1n) is 4.76. The number of halogens is 1. The number of hydroxylamine groups is 2. The standard InChI is InChI=1S/C10H18INO3/c1-5-8(9(13)7(2)6-11)10(14)12(3)15-4/h6,8-9,13H,5H2,1-4H3/b7-6+/t8-,9+/m1/s1. The molecule has 0 aliphatic carbocycles. The second-order valence-corrected chi connectivity index (χ2v) is 3.95. The molecule has 0 aromatic heterocycles. The minimum atomic E-state index is -0.739. The molecular formula is C10H18INO3. The Labute approximate surface area is 104 Å². The lowest BCUT2D eigenvalue weighted by molar-refractivity contribution is -0.176. The van der Waals surface area contributed by atoms with Crippen LogP contribution in [0.1, 0.15) is 20.3 Å². The van der Waals surface area contributed by atoms with E-state index in [9.17, 15) is 9.90 Å². The minimum absolute atomic E-state index is 0.204. The zero-order chi connectivity index (χ0) is 12.0. The summed E-state index contributed by atoms with van der Waals surface area (Å²) in [6.07, 6.45) is -0.160. The van der Waals surface area contributed by atoms with Gasteiger partial charge in [0.2, 0.25) is 0 Å². The van der Waals surface area contributed by atoms with Crippen molar-refractivity contribution in [2.75, 3.05) is 14.2 Å². The Bertz CT molecular complexity index is 243. The molecule has 0 aliphatic heterocycles. The molecule has 0 heterocycles. The first-order chi connectivity index (χ1) is 6.99. The second kappa shape index (κ2) is 7.19. The molecule has 0 bridgehead atoms. The van der Waals surface area contributed by atoms with E-state index in [1.54, 1.807) is 18.1 Å². The molecule has 0 aromatic rings. The summed E-state index contributed by atoms with van der Waals surface area (Å²) in [5.74, 6) is -0.647. The lowest BCUT2D eigenvalue weighted by atomic mass is 9.94. The van der Waals surface area contributed by atoms with E-state index in [1.165, 1.54) is 7.11 Å². The molecule has 0 radical (unpaired) electrons. The van der Waals surface area contributed by atoms with E-state index in [1.807, 2.05) is 6.92 Å². The largest absolute Gasteiger partial charge is 0.388 e. The molecule has 15 heavy (non-hydrogen) atoms. The fraction of sp³-hybridized carbons (Fsp3) is 0.700. The van der Waals surface area contributed by atoms with E-state index in [-0.39, 0.29) is 5.91 Å². The Morgan fingerprint density at radius 2 is 2.20 bits per heavy atom. The van der Waals surface area contributed by atoms with Gasteiger partial charge in [-0.15, -0.1) is 0 Å². The van der Waals surface area contributed by atoms with Gasteiger partial charge >= 0.3 is 0 Å². The van der Waals surface area contributed by atoms with Gasteiger partial charge in [-0.25, -0.2) is 5.06 Å². The minimum Gasteiger partial charge on any atom is -0.388 e. The van der Waals surface area contributed by atoms with Crippen LogP contribution in [-0.4, -0.2) is 36.3 Å². The Morgan fingerprint density at radius 1 is 1.67 bits per heavy atom. The van der Waals surface area contributed by atoms with Gasteiger partial charge in [-0.1, -0.05) is 29.5 Å². The summed E-state index contributed by atoms with van der Waals surface area (Å²) in [6, 6.07) is 0. The maximum atomic E-state index is 11.8. The molecule has 2 atom stereocenters. The van der Waals surface area contributed by atoms with Crippen LogP contribution >= 0.6 is 22.6 Å². The van der Waals surface area contributed by atoms with E-state index in [0.29, 0.717) is 6.42 Å². The van der Waals surface area contributed by atoms with Crippen LogP contribution in [-0.2, 0) is 9.63 Å². The third-order valence-corrected chi connectivity index (χ3v) is 3.34. The molecule has 4 nitrogen and oxygen atoms in total. The van der Waals surface area contributed by atoms with Gasteiger partial charge in [0.1, 0.15) is 0 Å². The van der Waals surface area contributed by atoms with Crippen LogP contribution in [0.2, 0.25) is 0 Å². The number of hydrogen-bond donors (Lipinski definition) is 1. The maximum absolute atomic E-state index is 11.8. The topological polar surface area (TPSA) is 49.8 Å². The monoisotopic (exact) mass is 327 g/mol. The van der Waals surface area contributed by atoms with Crippen LogP contribution in [0.3, 0.4) is 0 Å². The smallest absolute Gasteiger partial charge is 0.251 e. The van der Waals surface area contributed by atoms with Crippen molar-refractivity contribution in [2.45, 2.75) is 26.4 Å². The fourth-order valence-electron chi connectivity index (χ4n) is 1.24. The van der Waals surface area contributed by atoms with Crippen LogP contribution in [0.5, 0.6) is 0 Å². The SMILES string of the molecule is CC[C@@H](C(=O)N(C)OC)[C@@H](O)/C(C)=C/I. The van der Waals surface area contributed by atoms with E-state index >= 15 is 0 Å². The van der Waals surface area contributed by atoms with E-state index < -0.39 is 12.0 Å². The third-order valence-electron chi connectivity index (χ3n) is 2.36. The van der Waals surface area contributed by atoms with Gasteiger partial charge in [0, 0.05) is 7.05 Å². The van der Waals surface area contributed by atoms with E-state index in [0.717, 1.165) is 10.6 Å². The molecule has 1 N–H and O–H groups in total. The zero-order valence-electron chi connectivity index (χ0n) is 9.53. The van der Waals surface area contributed by atoms with Crippen molar-refractivity contribution in [3.8, 4) is 0 Å². The molecule has 0 fully saturated rings. The van der Waals surface area contributed by atoms with Crippen LogP contribution < -0.4 is 0 Å². The highest BCUT2D eigenvalue weighted by atomic mass is 127. The highest BCUT2D eigenvalue weighted by Crippen LogP contribution is 2.19. The summed E-state index contributed by atoms with van der Waals surface area (Å²) in [7, 11) is 2.97. The second-order valence-electron chi connectivity index (χ2n) is 3.33. The summed E-state index contributed by atoms with van der Waals surface area (Å²) < 4.78 is 1.78. The average Bonchev–Trinajstić information content (AvgIpc) is 2.27. The highest BCUT2D eigenvalue weighted by Gasteiger charge is 2.28. The summed E-state index contributed by atoms with van der Waals surface area (Å²) >= 11 is 2.05. The van der Waals surface area contributed by atoms with Crippen molar-refractivity contribution in [3.05, 3.63) is 9.66 Å². The number of rotatable bonds is 5. The van der Waals surface area contributed by atoms with Gasteiger partial charge in [-0.05, 0) is 23.0 Å². The lowest BCUT2D eigenvalue weighted by Gasteiger charge is -2.25. The van der Waals surface area contributed by atoms with Crippen molar-refractivity contribution >= 4 is 28.5 Å². The van der Waals surface area contributed by atoms with Gasteiger partial charge in [0.15, 0.2) is 0 Å². The molecule has 0 aliphatic rings. The summed E-state index contributed by atoms with van der Waals surface area (Å²) in [6.45, 7) is 3.68. The van der Waals surface area contributed by atoms with Crippen molar-refractivity contribution < 1.29 is 14.7 Å². The van der Waals surface area contributed by atoms with Gasteiger partial charge in [0.25, 0.3) is 5.91 Å². The molecule has 0 spiro atoms. The molecule has 0 saturated heterocycles. The number of nitrogens with zero attached hydrogens (tertiary/aromatic N) is 1. The first kappa shape index (κ1) is 14.9.